The van der Waals surface area contributed by atoms with E-state index in [1.165, 1.54) is 42.1 Å². The van der Waals surface area contributed by atoms with Gasteiger partial charge in [-0.2, -0.15) is 0 Å². The third kappa shape index (κ3) is 4.61. The number of hydrogen-bond acceptors (Lipinski definition) is 1. The number of halogens is 1. The normalized spacial score (nSPS) is 24.4. The summed E-state index contributed by atoms with van der Waals surface area (Å²) in [5.41, 5.74) is 1.37. The molecule has 1 aliphatic carbocycles. The minimum Gasteiger partial charge on any atom is -0.310 e. The molecule has 0 aromatic heterocycles. The topological polar surface area (TPSA) is 12.0 Å². The molecule has 1 aliphatic rings. The van der Waals surface area contributed by atoms with Crippen molar-refractivity contribution in [1.82, 2.24) is 5.32 Å². The lowest BCUT2D eigenvalue weighted by atomic mass is 9.89. The predicted octanol–water partition coefficient (Wildman–Crippen LogP) is 5.14. The monoisotopic (exact) mass is 323 g/mol. The molecular weight excluding hydrogens is 298 g/mol. The molecule has 1 nitrogen and oxygen atoms in total. The van der Waals surface area contributed by atoms with E-state index >= 15 is 0 Å². The summed E-state index contributed by atoms with van der Waals surface area (Å²) in [6.07, 6.45) is 6.88. The molecule has 2 rings (SSSR count). The Hall–Kier alpha value is -0.340. The van der Waals surface area contributed by atoms with E-state index in [1.54, 1.807) is 0 Å². The predicted molar refractivity (Wildman–Crippen MR) is 86.2 cm³/mol. The first-order valence-electron chi connectivity index (χ1n) is 7.63. The average Bonchev–Trinajstić information content (AvgIpc) is 2.63. The molecule has 0 radical (unpaired) electrons. The summed E-state index contributed by atoms with van der Waals surface area (Å²) < 4.78 is 1.22. The lowest BCUT2D eigenvalue weighted by Gasteiger charge is -2.19. The van der Waals surface area contributed by atoms with Crippen LogP contribution in [0.5, 0.6) is 0 Å². The second kappa shape index (κ2) is 7.44. The van der Waals surface area contributed by atoms with Crippen LogP contribution in [-0.4, -0.2) is 6.04 Å². The summed E-state index contributed by atoms with van der Waals surface area (Å²) in [7, 11) is 0. The number of hydrogen-bond donors (Lipinski definition) is 1. The zero-order valence-corrected chi connectivity index (χ0v) is 13.7. The van der Waals surface area contributed by atoms with Gasteiger partial charge in [-0.3, -0.25) is 0 Å². The van der Waals surface area contributed by atoms with E-state index in [4.69, 9.17) is 0 Å². The largest absolute Gasteiger partial charge is 0.310 e. The quantitative estimate of drug-likeness (QED) is 0.756. The van der Waals surface area contributed by atoms with Crippen LogP contribution in [-0.2, 0) is 6.54 Å². The van der Waals surface area contributed by atoms with Gasteiger partial charge < -0.3 is 5.32 Å². The van der Waals surface area contributed by atoms with E-state index < -0.39 is 0 Å². The highest BCUT2D eigenvalue weighted by molar-refractivity contribution is 9.10. The van der Waals surface area contributed by atoms with Crippen LogP contribution >= 0.6 is 15.9 Å². The molecule has 1 saturated carbocycles. The van der Waals surface area contributed by atoms with Crippen molar-refractivity contribution in [1.29, 1.82) is 0 Å². The second-order valence-electron chi connectivity index (χ2n) is 6.18. The lowest BCUT2D eigenvalue weighted by Crippen LogP contribution is -2.28. The second-order valence-corrected chi connectivity index (χ2v) is 7.04. The number of nitrogens with one attached hydrogen (secondary N) is 1. The van der Waals surface area contributed by atoms with Gasteiger partial charge in [0.1, 0.15) is 0 Å². The third-order valence-electron chi connectivity index (χ3n) is 4.50. The number of benzene rings is 1. The van der Waals surface area contributed by atoms with Gasteiger partial charge in [-0.25, -0.2) is 0 Å². The van der Waals surface area contributed by atoms with Crippen LogP contribution in [0.1, 0.15) is 51.5 Å². The van der Waals surface area contributed by atoms with Crippen molar-refractivity contribution < 1.29 is 0 Å². The minimum atomic E-state index is 0.704. The van der Waals surface area contributed by atoms with E-state index in [1.807, 2.05) is 0 Å². The Balaban J connectivity index is 1.82. The Morgan fingerprint density at radius 3 is 2.68 bits per heavy atom. The summed E-state index contributed by atoms with van der Waals surface area (Å²) in [5, 5.41) is 3.75. The summed E-state index contributed by atoms with van der Waals surface area (Å²) in [4.78, 5) is 0. The molecular formula is C17H26BrN. The Kier molecular flexibility index (Phi) is 5.90. The van der Waals surface area contributed by atoms with E-state index in [0.717, 1.165) is 18.4 Å². The molecule has 1 N–H and O–H groups in total. The van der Waals surface area contributed by atoms with Crippen LogP contribution in [0, 0.1) is 11.8 Å². The smallest absolute Gasteiger partial charge is 0.0220 e. The highest BCUT2D eigenvalue weighted by Gasteiger charge is 2.20. The van der Waals surface area contributed by atoms with Gasteiger partial charge in [0.15, 0.2) is 0 Å². The Bertz CT molecular complexity index is 389. The van der Waals surface area contributed by atoms with Gasteiger partial charge in [0.05, 0.1) is 0 Å². The van der Waals surface area contributed by atoms with E-state index in [-0.39, 0.29) is 0 Å². The molecule has 0 aliphatic heterocycles. The van der Waals surface area contributed by atoms with Crippen LogP contribution in [0.4, 0.5) is 0 Å². The SMILES string of the molecule is CC(C)C1CCCC(NCc2ccccc2Br)CC1. The first kappa shape index (κ1) is 15.1. The third-order valence-corrected chi connectivity index (χ3v) is 5.27. The van der Waals surface area contributed by atoms with Gasteiger partial charge in [-0.05, 0) is 42.7 Å². The molecule has 0 bridgehead atoms. The maximum absolute atomic E-state index is 3.75. The molecule has 1 aromatic rings. The molecule has 1 aromatic carbocycles. The molecule has 2 unspecified atom stereocenters. The van der Waals surface area contributed by atoms with E-state index in [0.29, 0.717) is 6.04 Å². The molecule has 1 fully saturated rings. The fourth-order valence-corrected chi connectivity index (χ4v) is 3.52. The van der Waals surface area contributed by atoms with Crippen molar-refractivity contribution in [3.63, 3.8) is 0 Å². The van der Waals surface area contributed by atoms with E-state index in [2.05, 4.69) is 59.4 Å². The summed E-state index contributed by atoms with van der Waals surface area (Å²) in [5.74, 6) is 1.79. The van der Waals surface area contributed by atoms with Gasteiger partial charge in [0.25, 0.3) is 0 Å². The van der Waals surface area contributed by atoms with Gasteiger partial charge in [-0.15, -0.1) is 0 Å². The Morgan fingerprint density at radius 1 is 1.16 bits per heavy atom. The first-order chi connectivity index (χ1) is 9.16. The lowest BCUT2D eigenvalue weighted by molar-refractivity contribution is 0.337. The molecule has 0 amide bonds. The first-order valence-corrected chi connectivity index (χ1v) is 8.43. The van der Waals surface area contributed by atoms with Crippen LogP contribution in [0.2, 0.25) is 0 Å². The van der Waals surface area contributed by atoms with Gasteiger partial charge in [-0.1, -0.05) is 60.8 Å². The maximum Gasteiger partial charge on any atom is 0.0220 e. The fraction of sp³-hybridized carbons (Fsp3) is 0.647. The molecule has 0 spiro atoms. The fourth-order valence-electron chi connectivity index (χ4n) is 3.10. The van der Waals surface area contributed by atoms with Crippen molar-refractivity contribution >= 4 is 15.9 Å². The molecule has 0 saturated heterocycles. The van der Waals surface area contributed by atoms with Crippen molar-refractivity contribution in [2.75, 3.05) is 0 Å². The van der Waals surface area contributed by atoms with Crippen LogP contribution in [0.15, 0.2) is 28.7 Å². The average molecular weight is 324 g/mol. The van der Waals surface area contributed by atoms with Crippen molar-refractivity contribution in [3.05, 3.63) is 34.3 Å². The minimum absolute atomic E-state index is 0.704. The van der Waals surface area contributed by atoms with E-state index in [9.17, 15) is 0 Å². The van der Waals surface area contributed by atoms with Crippen molar-refractivity contribution in [2.24, 2.45) is 11.8 Å². The van der Waals surface area contributed by atoms with Gasteiger partial charge >= 0.3 is 0 Å². The Morgan fingerprint density at radius 2 is 1.95 bits per heavy atom. The van der Waals surface area contributed by atoms with Crippen LogP contribution < -0.4 is 5.32 Å². The maximum atomic E-state index is 3.75. The van der Waals surface area contributed by atoms with Crippen molar-refractivity contribution in [3.8, 4) is 0 Å². The molecule has 2 atom stereocenters. The van der Waals surface area contributed by atoms with Crippen LogP contribution in [0.3, 0.4) is 0 Å². The number of rotatable bonds is 4. The standard InChI is InChI=1S/C17H26BrN/c1-13(2)14-7-5-8-16(11-10-14)19-12-15-6-3-4-9-17(15)18/h3-4,6,9,13-14,16,19H,5,7-8,10-12H2,1-2H3. The van der Waals surface area contributed by atoms with Crippen molar-refractivity contribution in [2.45, 2.75) is 58.5 Å². The zero-order valence-electron chi connectivity index (χ0n) is 12.2. The zero-order chi connectivity index (χ0) is 13.7. The summed E-state index contributed by atoms with van der Waals surface area (Å²) in [6, 6.07) is 9.22. The summed E-state index contributed by atoms with van der Waals surface area (Å²) >= 11 is 3.63. The highest BCUT2D eigenvalue weighted by atomic mass is 79.9. The summed E-state index contributed by atoms with van der Waals surface area (Å²) in [6.45, 7) is 5.73. The Labute approximate surface area is 126 Å². The van der Waals surface area contributed by atoms with Gasteiger partial charge in [0, 0.05) is 17.1 Å². The van der Waals surface area contributed by atoms with Gasteiger partial charge in [0.2, 0.25) is 0 Å². The highest BCUT2D eigenvalue weighted by Crippen LogP contribution is 2.29. The molecule has 19 heavy (non-hydrogen) atoms. The molecule has 0 heterocycles. The molecule has 106 valence electrons. The van der Waals surface area contributed by atoms with Crippen LogP contribution in [0.25, 0.3) is 0 Å². The molecule has 2 heteroatoms.